The third-order valence-electron chi connectivity index (χ3n) is 3.30. The highest BCUT2D eigenvalue weighted by Crippen LogP contribution is 2.37. The van der Waals surface area contributed by atoms with Crippen molar-refractivity contribution < 1.29 is 19.1 Å². The van der Waals surface area contributed by atoms with Crippen LogP contribution in [-0.2, 0) is 22.3 Å². The topological polar surface area (TPSA) is 64.6 Å². The average molecular weight is 297 g/mol. The van der Waals surface area contributed by atoms with Gasteiger partial charge in [0.05, 0.1) is 19.3 Å². The van der Waals surface area contributed by atoms with Crippen molar-refractivity contribution >= 4 is 28.4 Å². The molecule has 0 aromatic carbocycles. The number of fused-ring (bicyclic) bond motifs is 1. The zero-order chi connectivity index (χ0) is 14.5. The van der Waals surface area contributed by atoms with E-state index in [9.17, 15) is 9.59 Å². The molecule has 0 unspecified atom stereocenters. The fraction of sp³-hybridized carbons (Fsp3) is 0.571. The normalized spacial score (nSPS) is 14.1. The van der Waals surface area contributed by atoms with E-state index in [1.165, 1.54) is 29.7 Å². The van der Waals surface area contributed by atoms with E-state index >= 15 is 0 Å². The van der Waals surface area contributed by atoms with Crippen molar-refractivity contribution in [3.8, 4) is 0 Å². The Bertz CT molecular complexity index is 510. The van der Waals surface area contributed by atoms with Crippen LogP contribution in [0.5, 0.6) is 0 Å². The average Bonchev–Trinajstić information content (AvgIpc) is 2.60. The molecule has 1 heterocycles. The maximum atomic E-state index is 12.0. The predicted octanol–water partition coefficient (Wildman–Crippen LogP) is 3.37. The summed E-state index contributed by atoms with van der Waals surface area (Å²) in [5, 5.41) is 3.20. The Morgan fingerprint density at radius 3 is 2.70 bits per heavy atom. The summed E-state index contributed by atoms with van der Waals surface area (Å²) in [5.41, 5.74) is 1.54. The van der Waals surface area contributed by atoms with E-state index in [0.29, 0.717) is 17.2 Å². The largest absolute Gasteiger partial charge is 0.465 e. The molecule has 0 spiro atoms. The van der Waals surface area contributed by atoms with Gasteiger partial charge in [0.15, 0.2) is 0 Å². The minimum absolute atomic E-state index is 0.296. The van der Waals surface area contributed by atoms with Crippen molar-refractivity contribution in [2.45, 2.75) is 39.0 Å². The lowest BCUT2D eigenvalue weighted by Gasteiger charge is -2.07. The SMILES string of the molecule is CCOC(=O)Nc1sc2c(c1C(=O)OC)CCCCC2. The van der Waals surface area contributed by atoms with Gasteiger partial charge in [-0.2, -0.15) is 0 Å². The molecule has 1 aromatic rings. The third kappa shape index (κ3) is 3.12. The molecule has 1 aromatic heterocycles. The van der Waals surface area contributed by atoms with Crippen LogP contribution < -0.4 is 5.32 Å². The Morgan fingerprint density at radius 1 is 1.25 bits per heavy atom. The molecule has 6 heteroatoms. The van der Waals surface area contributed by atoms with Gasteiger partial charge >= 0.3 is 12.1 Å². The van der Waals surface area contributed by atoms with Gasteiger partial charge in [-0.1, -0.05) is 6.42 Å². The van der Waals surface area contributed by atoms with Crippen molar-refractivity contribution in [1.82, 2.24) is 0 Å². The van der Waals surface area contributed by atoms with Crippen LogP contribution in [0.2, 0.25) is 0 Å². The van der Waals surface area contributed by atoms with Crippen LogP contribution in [0.15, 0.2) is 0 Å². The minimum atomic E-state index is -0.533. The molecule has 1 N–H and O–H groups in total. The zero-order valence-corrected chi connectivity index (χ0v) is 12.6. The molecule has 0 saturated heterocycles. The standard InChI is InChI=1S/C14H19NO4S/c1-3-19-14(17)15-12-11(13(16)18-2)9-7-5-4-6-8-10(9)20-12/h3-8H2,1-2H3,(H,15,17). The highest BCUT2D eigenvalue weighted by atomic mass is 32.1. The molecule has 0 bridgehead atoms. The lowest BCUT2D eigenvalue weighted by molar-refractivity contribution is 0.0601. The number of aryl methyl sites for hydroxylation is 1. The summed E-state index contributed by atoms with van der Waals surface area (Å²) in [6, 6.07) is 0. The summed E-state index contributed by atoms with van der Waals surface area (Å²) in [5.74, 6) is -0.392. The fourth-order valence-corrected chi connectivity index (χ4v) is 3.67. The summed E-state index contributed by atoms with van der Waals surface area (Å²) >= 11 is 1.46. The van der Waals surface area contributed by atoms with Crippen LogP contribution in [0.4, 0.5) is 9.80 Å². The predicted molar refractivity (Wildman–Crippen MR) is 77.6 cm³/mol. The molecule has 0 aliphatic heterocycles. The van der Waals surface area contributed by atoms with E-state index in [0.717, 1.165) is 31.2 Å². The molecular formula is C14H19NO4S. The van der Waals surface area contributed by atoms with Gasteiger partial charge in [0.1, 0.15) is 5.00 Å². The first kappa shape index (κ1) is 14.8. The van der Waals surface area contributed by atoms with Crippen molar-refractivity contribution in [3.63, 3.8) is 0 Å². The maximum Gasteiger partial charge on any atom is 0.412 e. The van der Waals surface area contributed by atoms with Crippen molar-refractivity contribution in [1.29, 1.82) is 0 Å². The molecule has 1 aliphatic carbocycles. The van der Waals surface area contributed by atoms with Gasteiger partial charge in [0.2, 0.25) is 0 Å². The summed E-state index contributed by atoms with van der Waals surface area (Å²) < 4.78 is 9.73. The van der Waals surface area contributed by atoms with Crippen molar-refractivity contribution in [2.24, 2.45) is 0 Å². The van der Waals surface area contributed by atoms with Gasteiger partial charge in [-0.05, 0) is 38.2 Å². The number of carbonyl (C=O) groups is 2. The zero-order valence-electron chi connectivity index (χ0n) is 11.8. The van der Waals surface area contributed by atoms with Gasteiger partial charge in [-0.25, -0.2) is 9.59 Å². The van der Waals surface area contributed by atoms with E-state index in [4.69, 9.17) is 9.47 Å². The Hall–Kier alpha value is -1.56. The first-order chi connectivity index (χ1) is 9.67. The first-order valence-electron chi connectivity index (χ1n) is 6.84. The number of hydrogen-bond donors (Lipinski definition) is 1. The molecule has 1 amide bonds. The lowest BCUT2D eigenvalue weighted by atomic mass is 10.1. The number of ether oxygens (including phenoxy) is 2. The highest BCUT2D eigenvalue weighted by Gasteiger charge is 2.26. The van der Waals surface area contributed by atoms with E-state index in [2.05, 4.69) is 5.32 Å². The molecule has 110 valence electrons. The molecule has 5 nitrogen and oxygen atoms in total. The van der Waals surface area contributed by atoms with Crippen molar-refractivity contribution in [2.75, 3.05) is 19.0 Å². The van der Waals surface area contributed by atoms with Crippen LogP contribution >= 0.6 is 11.3 Å². The summed E-state index contributed by atoms with van der Waals surface area (Å²) in [4.78, 5) is 24.8. The summed E-state index contributed by atoms with van der Waals surface area (Å²) in [6.45, 7) is 2.04. The van der Waals surface area contributed by atoms with Gasteiger partial charge in [-0.3, -0.25) is 5.32 Å². The molecule has 2 rings (SSSR count). The van der Waals surface area contributed by atoms with E-state index in [1.54, 1.807) is 6.92 Å². The number of carbonyl (C=O) groups excluding carboxylic acids is 2. The monoisotopic (exact) mass is 297 g/mol. The minimum Gasteiger partial charge on any atom is -0.465 e. The number of thiophene rings is 1. The van der Waals surface area contributed by atoms with Gasteiger partial charge in [0.25, 0.3) is 0 Å². The number of esters is 1. The van der Waals surface area contributed by atoms with Gasteiger partial charge in [0, 0.05) is 4.88 Å². The fourth-order valence-electron chi connectivity index (χ4n) is 2.41. The summed E-state index contributed by atoms with van der Waals surface area (Å²) in [7, 11) is 1.36. The van der Waals surface area contributed by atoms with E-state index in [1.807, 2.05) is 0 Å². The first-order valence-corrected chi connectivity index (χ1v) is 7.65. The van der Waals surface area contributed by atoms with Crippen LogP contribution in [0.1, 0.15) is 47.0 Å². The second-order valence-electron chi connectivity index (χ2n) is 4.61. The highest BCUT2D eigenvalue weighted by molar-refractivity contribution is 7.17. The van der Waals surface area contributed by atoms with Crippen LogP contribution in [0.25, 0.3) is 0 Å². The van der Waals surface area contributed by atoms with Crippen LogP contribution in [0, 0.1) is 0 Å². The quantitative estimate of drug-likeness (QED) is 0.686. The van der Waals surface area contributed by atoms with E-state index < -0.39 is 12.1 Å². The molecule has 0 radical (unpaired) electrons. The van der Waals surface area contributed by atoms with Gasteiger partial charge < -0.3 is 9.47 Å². The Morgan fingerprint density at radius 2 is 2.00 bits per heavy atom. The number of rotatable bonds is 3. The van der Waals surface area contributed by atoms with Crippen LogP contribution in [0.3, 0.4) is 0 Å². The van der Waals surface area contributed by atoms with Crippen LogP contribution in [-0.4, -0.2) is 25.8 Å². The molecule has 0 atom stereocenters. The molecule has 1 aliphatic rings. The Balaban J connectivity index is 2.35. The summed E-state index contributed by atoms with van der Waals surface area (Å²) in [6.07, 6.45) is 4.63. The second-order valence-corrected chi connectivity index (χ2v) is 5.71. The number of nitrogens with one attached hydrogen (secondary N) is 1. The smallest absolute Gasteiger partial charge is 0.412 e. The number of methoxy groups -OCH3 is 1. The molecular weight excluding hydrogens is 278 g/mol. The lowest BCUT2D eigenvalue weighted by Crippen LogP contribution is -2.15. The molecule has 0 saturated carbocycles. The molecule has 20 heavy (non-hydrogen) atoms. The second kappa shape index (κ2) is 6.74. The number of hydrogen-bond acceptors (Lipinski definition) is 5. The third-order valence-corrected chi connectivity index (χ3v) is 4.51. The maximum absolute atomic E-state index is 12.0. The Labute approximate surface area is 122 Å². The number of amides is 1. The Kier molecular flexibility index (Phi) is 5.00. The number of anilines is 1. The molecule has 0 fully saturated rings. The van der Waals surface area contributed by atoms with Crippen molar-refractivity contribution in [3.05, 3.63) is 16.0 Å². The van der Waals surface area contributed by atoms with E-state index in [-0.39, 0.29) is 0 Å². The van der Waals surface area contributed by atoms with Gasteiger partial charge in [-0.15, -0.1) is 11.3 Å².